The fraction of sp³-hybridized carbons (Fsp3) is 0.364. The lowest BCUT2D eigenvalue weighted by molar-refractivity contribution is -0.117. The van der Waals surface area contributed by atoms with E-state index >= 15 is 0 Å². The quantitative estimate of drug-likeness (QED) is 0.842. The average molecular weight is 365 g/mol. The molecular weight excluding hydrogens is 338 g/mol. The summed E-state index contributed by atoms with van der Waals surface area (Å²) in [6, 6.07) is 15.7. The molecule has 1 fully saturated rings. The monoisotopic (exact) mass is 365 g/mol. The summed E-state index contributed by atoms with van der Waals surface area (Å²) in [7, 11) is 0. The van der Waals surface area contributed by atoms with Gasteiger partial charge >= 0.3 is 0 Å². The maximum absolute atomic E-state index is 12.3. The normalized spacial score (nSPS) is 13.5. The van der Waals surface area contributed by atoms with E-state index in [0.29, 0.717) is 6.54 Å². The van der Waals surface area contributed by atoms with Crippen LogP contribution in [0, 0.1) is 6.92 Å². The number of anilines is 3. The Hall–Kier alpha value is -2.82. The van der Waals surface area contributed by atoms with Gasteiger partial charge in [0.05, 0.1) is 0 Å². The van der Waals surface area contributed by atoms with Crippen molar-refractivity contribution in [1.82, 2.24) is 0 Å². The highest BCUT2D eigenvalue weighted by Gasteiger charge is 2.14. The maximum Gasteiger partial charge on any atom is 0.226 e. The fourth-order valence-electron chi connectivity index (χ4n) is 3.36. The molecule has 1 aliphatic rings. The Morgan fingerprint density at radius 1 is 1.00 bits per heavy atom. The number of benzene rings is 2. The van der Waals surface area contributed by atoms with E-state index in [0.717, 1.165) is 30.0 Å². The number of amides is 2. The number of carbonyl (C=O) groups excluding carboxylic acids is 2. The van der Waals surface area contributed by atoms with E-state index in [1.54, 1.807) is 4.90 Å². The second-order valence-corrected chi connectivity index (χ2v) is 7.05. The third kappa shape index (κ3) is 5.09. The van der Waals surface area contributed by atoms with Crippen LogP contribution in [0.25, 0.3) is 0 Å². The number of carbonyl (C=O) groups is 2. The second kappa shape index (κ2) is 8.71. The minimum absolute atomic E-state index is 0.0679. The van der Waals surface area contributed by atoms with E-state index < -0.39 is 0 Å². The molecule has 1 aliphatic heterocycles. The fourth-order valence-corrected chi connectivity index (χ4v) is 3.36. The summed E-state index contributed by atoms with van der Waals surface area (Å²) in [6.07, 6.45) is 2.74. The third-order valence-electron chi connectivity index (χ3n) is 4.91. The Morgan fingerprint density at radius 3 is 2.22 bits per heavy atom. The molecule has 0 aromatic heterocycles. The van der Waals surface area contributed by atoms with Crippen molar-refractivity contribution in [2.24, 2.45) is 0 Å². The van der Waals surface area contributed by atoms with Crippen molar-refractivity contribution in [2.45, 2.75) is 33.1 Å². The number of hydrogen-bond acceptors (Lipinski definition) is 3. The van der Waals surface area contributed by atoms with Crippen molar-refractivity contribution in [1.29, 1.82) is 0 Å². The summed E-state index contributed by atoms with van der Waals surface area (Å²) in [5.74, 6) is -0.163. The van der Waals surface area contributed by atoms with Gasteiger partial charge in [-0.3, -0.25) is 9.59 Å². The lowest BCUT2D eigenvalue weighted by Crippen LogP contribution is -2.31. The van der Waals surface area contributed by atoms with Crippen molar-refractivity contribution >= 4 is 28.9 Å². The van der Waals surface area contributed by atoms with E-state index in [2.05, 4.69) is 22.3 Å². The van der Waals surface area contributed by atoms with Gasteiger partial charge in [0, 0.05) is 50.0 Å². The number of nitrogens with zero attached hydrogens (tertiary/aromatic N) is 2. The van der Waals surface area contributed by atoms with Crippen LogP contribution in [-0.4, -0.2) is 31.4 Å². The minimum Gasteiger partial charge on any atom is -0.372 e. The lowest BCUT2D eigenvalue weighted by atomic mass is 10.2. The Morgan fingerprint density at radius 2 is 1.63 bits per heavy atom. The van der Waals surface area contributed by atoms with Gasteiger partial charge in [-0.15, -0.1) is 0 Å². The van der Waals surface area contributed by atoms with Gasteiger partial charge in [0.15, 0.2) is 0 Å². The number of aryl methyl sites for hydroxylation is 1. The van der Waals surface area contributed by atoms with Gasteiger partial charge in [0.25, 0.3) is 0 Å². The van der Waals surface area contributed by atoms with E-state index in [1.807, 2.05) is 43.3 Å². The summed E-state index contributed by atoms with van der Waals surface area (Å²) in [4.78, 5) is 28.3. The first-order valence-corrected chi connectivity index (χ1v) is 9.52. The van der Waals surface area contributed by atoms with Crippen LogP contribution in [0.15, 0.2) is 48.5 Å². The van der Waals surface area contributed by atoms with Gasteiger partial charge in [-0.1, -0.05) is 17.7 Å². The van der Waals surface area contributed by atoms with Crippen molar-refractivity contribution < 1.29 is 9.59 Å². The highest BCUT2D eigenvalue weighted by Crippen LogP contribution is 2.22. The zero-order valence-electron chi connectivity index (χ0n) is 16.1. The van der Waals surface area contributed by atoms with Crippen LogP contribution in [-0.2, 0) is 9.59 Å². The minimum atomic E-state index is -0.0951. The second-order valence-electron chi connectivity index (χ2n) is 7.05. The zero-order chi connectivity index (χ0) is 19.2. The molecule has 0 bridgehead atoms. The molecular formula is C22H27N3O2. The SMILES string of the molecule is CC(=O)N(CCC(=O)Nc1ccc(N2CCCC2)cc1)c1ccc(C)cc1. The molecule has 1 N–H and O–H groups in total. The van der Waals surface area contributed by atoms with Crippen LogP contribution in [0.3, 0.4) is 0 Å². The Kier molecular flexibility index (Phi) is 6.12. The first kappa shape index (κ1) is 19.0. The molecule has 5 heteroatoms. The van der Waals surface area contributed by atoms with E-state index in [4.69, 9.17) is 0 Å². The van der Waals surface area contributed by atoms with Gasteiger partial charge in [-0.2, -0.15) is 0 Å². The van der Waals surface area contributed by atoms with Crippen molar-refractivity contribution in [3.05, 3.63) is 54.1 Å². The Bertz CT molecular complexity index is 778. The number of nitrogens with one attached hydrogen (secondary N) is 1. The molecule has 27 heavy (non-hydrogen) atoms. The predicted octanol–water partition coefficient (Wildman–Crippen LogP) is 3.98. The maximum atomic E-state index is 12.3. The molecule has 0 aliphatic carbocycles. The van der Waals surface area contributed by atoms with Gasteiger partial charge < -0.3 is 15.1 Å². The molecule has 0 radical (unpaired) electrons. The molecule has 2 aromatic rings. The van der Waals surface area contributed by atoms with Crippen LogP contribution in [0.4, 0.5) is 17.1 Å². The van der Waals surface area contributed by atoms with Crippen LogP contribution >= 0.6 is 0 Å². The van der Waals surface area contributed by atoms with Gasteiger partial charge in [-0.05, 0) is 56.2 Å². The predicted molar refractivity (Wildman–Crippen MR) is 110 cm³/mol. The van der Waals surface area contributed by atoms with E-state index in [-0.39, 0.29) is 18.2 Å². The summed E-state index contributed by atoms with van der Waals surface area (Å²) >= 11 is 0. The molecule has 0 spiro atoms. The standard InChI is InChI=1S/C22H27N3O2/c1-17-5-9-21(10-6-17)25(18(2)26)16-13-22(27)23-19-7-11-20(12-8-19)24-14-3-4-15-24/h5-12H,3-4,13-16H2,1-2H3,(H,23,27). The number of hydrogen-bond donors (Lipinski definition) is 1. The van der Waals surface area contributed by atoms with Crippen molar-refractivity contribution in [3.63, 3.8) is 0 Å². The van der Waals surface area contributed by atoms with Crippen LogP contribution < -0.4 is 15.1 Å². The van der Waals surface area contributed by atoms with Crippen LogP contribution in [0.5, 0.6) is 0 Å². The molecule has 0 unspecified atom stereocenters. The third-order valence-corrected chi connectivity index (χ3v) is 4.91. The van der Waals surface area contributed by atoms with Crippen molar-refractivity contribution in [3.8, 4) is 0 Å². The molecule has 5 nitrogen and oxygen atoms in total. The molecule has 1 saturated heterocycles. The summed E-state index contributed by atoms with van der Waals surface area (Å²) in [5, 5.41) is 2.92. The highest BCUT2D eigenvalue weighted by molar-refractivity contribution is 5.94. The zero-order valence-corrected chi connectivity index (χ0v) is 16.1. The summed E-state index contributed by atoms with van der Waals surface area (Å²) in [6.45, 7) is 6.09. The summed E-state index contributed by atoms with van der Waals surface area (Å²) < 4.78 is 0. The van der Waals surface area contributed by atoms with Crippen molar-refractivity contribution in [2.75, 3.05) is 34.8 Å². The Labute approximate surface area is 161 Å². The molecule has 3 rings (SSSR count). The van der Waals surface area contributed by atoms with Crippen LogP contribution in [0.2, 0.25) is 0 Å². The van der Waals surface area contributed by atoms with Gasteiger partial charge in [0.1, 0.15) is 0 Å². The largest absolute Gasteiger partial charge is 0.372 e. The number of rotatable bonds is 6. The first-order valence-electron chi connectivity index (χ1n) is 9.52. The lowest BCUT2D eigenvalue weighted by Gasteiger charge is -2.21. The van der Waals surface area contributed by atoms with E-state index in [9.17, 15) is 9.59 Å². The molecule has 0 atom stereocenters. The molecule has 2 aromatic carbocycles. The topological polar surface area (TPSA) is 52.7 Å². The van der Waals surface area contributed by atoms with Crippen LogP contribution in [0.1, 0.15) is 31.7 Å². The summed E-state index contributed by atoms with van der Waals surface area (Å²) in [5.41, 5.74) is 3.94. The highest BCUT2D eigenvalue weighted by atomic mass is 16.2. The van der Waals surface area contributed by atoms with E-state index in [1.165, 1.54) is 25.5 Å². The molecule has 1 heterocycles. The first-order chi connectivity index (χ1) is 13.0. The molecule has 2 amide bonds. The van der Waals surface area contributed by atoms with Gasteiger partial charge in [0.2, 0.25) is 11.8 Å². The molecule has 142 valence electrons. The smallest absolute Gasteiger partial charge is 0.226 e. The Balaban J connectivity index is 1.54. The average Bonchev–Trinajstić information content (AvgIpc) is 3.18. The van der Waals surface area contributed by atoms with Gasteiger partial charge in [-0.25, -0.2) is 0 Å². The molecule has 0 saturated carbocycles.